The van der Waals surface area contributed by atoms with Gasteiger partial charge in [0.1, 0.15) is 0 Å². The SMILES string of the molecule is CCCCNC(=O)NC(=O)CSc1cc(Br)ccc1N. The van der Waals surface area contributed by atoms with Crippen LogP contribution in [0.15, 0.2) is 27.6 Å². The Bertz CT molecular complexity index is 483. The predicted octanol–water partition coefficient (Wildman–Crippen LogP) is 2.75. The lowest BCUT2D eigenvalue weighted by molar-refractivity contribution is -0.117. The Morgan fingerprint density at radius 2 is 2.15 bits per heavy atom. The number of hydrogen-bond donors (Lipinski definition) is 3. The Morgan fingerprint density at radius 3 is 2.85 bits per heavy atom. The van der Waals surface area contributed by atoms with Crippen molar-refractivity contribution in [1.29, 1.82) is 0 Å². The Kier molecular flexibility index (Phi) is 7.46. The average molecular weight is 360 g/mol. The summed E-state index contributed by atoms with van der Waals surface area (Å²) in [5, 5.41) is 4.90. The molecule has 0 aliphatic heterocycles. The van der Waals surface area contributed by atoms with E-state index < -0.39 is 6.03 Å². The van der Waals surface area contributed by atoms with Crippen LogP contribution in [0.1, 0.15) is 19.8 Å². The van der Waals surface area contributed by atoms with Crippen molar-refractivity contribution in [1.82, 2.24) is 10.6 Å². The maximum absolute atomic E-state index is 11.6. The number of halogens is 1. The van der Waals surface area contributed by atoms with Crippen LogP contribution >= 0.6 is 27.7 Å². The molecule has 110 valence electrons. The number of rotatable bonds is 6. The van der Waals surface area contributed by atoms with Crippen LogP contribution in [0.2, 0.25) is 0 Å². The molecule has 4 N–H and O–H groups in total. The van der Waals surface area contributed by atoms with Crippen LogP contribution in [0.3, 0.4) is 0 Å². The largest absolute Gasteiger partial charge is 0.398 e. The van der Waals surface area contributed by atoms with Gasteiger partial charge in [-0.15, -0.1) is 11.8 Å². The Hall–Kier alpha value is -1.21. The van der Waals surface area contributed by atoms with Crippen molar-refractivity contribution in [3.63, 3.8) is 0 Å². The molecule has 1 rings (SSSR count). The van der Waals surface area contributed by atoms with E-state index in [4.69, 9.17) is 5.73 Å². The van der Waals surface area contributed by atoms with E-state index in [0.717, 1.165) is 22.2 Å². The second-order valence-electron chi connectivity index (χ2n) is 4.13. The summed E-state index contributed by atoms with van der Waals surface area (Å²) in [6, 6.07) is 4.99. The van der Waals surface area contributed by atoms with Gasteiger partial charge in [0.2, 0.25) is 5.91 Å². The Morgan fingerprint density at radius 1 is 1.40 bits per heavy atom. The van der Waals surface area contributed by atoms with Crippen LogP contribution < -0.4 is 16.4 Å². The normalized spacial score (nSPS) is 10.1. The van der Waals surface area contributed by atoms with Crippen LogP contribution in [0.5, 0.6) is 0 Å². The lowest BCUT2D eigenvalue weighted by Crippen LogP contribution is -2.40. The lowest BCUT2D eigenvalue weighted by atomic mass is 10.3. The van der Waals surface area contributed by atoms with E-state index in [1.54, 1.807) is 6.07 Å². The minimum absolute atomic E-state index is 0.141. The molecule has 0 bridgehead atoms. The number of nitrogen functional groups attached to an aromatic ring is 1. The highest BCUT2D eigenvalue weighted by molar-refractivity contribution is 9.10. The number of nitrogens with one attached hydrogen (secondary N) is 2. The maximum atomic E-state index is 11.6. The molecule has 0 saturated heterocycles. The smallest absolute Gasteiger partial charge is 0.321 e. The Balaban J connectivity index is 2.36. The van der Waals surface area contributed by atoms with Crippen LogP contribution in [0, 0.1) is 0 Å². The Labute approximate surface area is 131 Å². The summed E-state index contributed by atoms with van der Waals surface area (Å²) in [5.74, 6) is -0.203. The highest BCUT2D eigenvalue weighted by atomic mass is 79.9. The number of imide groups is 1. The summed E-state index contributed by atoms with van der Waals surface area (Å²) < 4.78 is 0.895. The van der Waals surface area contributed by atoms with Crippen molar-refractivity contribution >= 4 is 45.3 Å². The maximum Gasteiger partial charge on any atom is 0.321 e. The summed E-state index contributed by atoms with van der Waals surface area (Å²) in [4.78, 5) is 23.8. The zero-order chi connectivity index (χ0) is 15.0. The number of hydrogen-bond acceptors (Lipinski definition) is 4. The molecule has 0 saturated carbocycles. The molecule has 0 atom stereocenters. The van der Waals surface area contributed by atoms with Gasteiger partial charge in [0.05, 0.1) is 5.75 Å². The minimum atomic E-state index is -0.453. The number of amides is 3. The van der Waals surface area contributed by atoms with Crippen LogP contribution in [-0.4, -0.2) is 24.2 Å². The first kappa shape index (κ1) is 16.8. The molecule has 7 heteroatoms. The number of unbranched alkanes of at least 4 members (excludes halogenated alkanes) is 1. The second-order valence-corrected chi connectivity index (χ2v) is 6.06. The molecule has 0 aliphatic carbocycles. The minimum Gasteiger partial charge on any atom is -0.398 e. The van der Waals surface area contributed by atoms with Crippen molar-refractivity contribution in [2.75, 3.05) is 18.0 Å². The molecule has 1 aromatic carbocycles. The third-order valence-corrected chi connectivity index (χ3v) is 3.97. The summed E-state index contributed by atoms with van der Waals surface area (Å²) in [5.41, 5.74) is 6.41. The molecule has 0 aromatic heterocycles. The standard InChI is InChI=1S/C13H18BrN3O2S/c1-2-3-6-16-13(19)17-12(18)8-20-11-7-9(14)4-5-10(11)15/h4-5,7H,2-3,6,8,15H2,1H3,(H2,16,17,18,19). The molecule has 1 aromatic rings. The molecule has 0 spiro atoms. The first-order valence-electron chi connectivity index (χ1n) is 6.28. The summed E-state index contributed by atoms with van der Waals surface area (Å²) in [6.07, 6.45) is 1.89. The molecular weight excluding hydrogens is 342 g/mol. The predicted molar refractivity (Wildman–Crippen MR) is 85.7 cm³/mol. The second kappa shape index (κ2) is 8.86. The van der Waals surface area contributed by atoms with Crippen molar-refractivity contribution in [3.05, 3.63) is 22.7 Å². The van der Waals surface area contributed by atoms with E-state index in [0.29, 0.717) is 12.2 Å². The number of urea groups is 1. The monoisotopic (exact) mass is 359 g/mol. The van der Waals surface area contributed by atoms with E-state index >= 15 is 0 Å². The highest BCUT2D eigenvalue weighted by Crippen LogP contribution is 2.27. The van der Waals surface area contributed by atoms with Gasteiger partial charge in [0.15, 0.2) is 0 Å². The molecule has 0 fully saturated rings. The fourth-order valence-corrected chi connectivity index (χ4v) is 2.68. The molecular formula is C13H18BrN3O2S. The van der Waals surface area contributed by atoms with Crippen molar-refractivity contribution in [2.45, 2.75) is 24.7 Å². The fourth-order valence-electron chi connectivity index (χ4n) is 1.36. The first-order valence-corrected chi connectivity index (χ1v) is 8.06. The topological polar surface area (TPSA) is 84.2 Å². The molecule has 3 amide bonds. The van der Waals surface area contributed by atoms with Gasteiger partial charge in [-0.25, -0.2) is 4.79 Å². The molecule has 0 heterocycles. The van der Waals surface area contributed by atoms with Crippen molar-refractivity contribution in [3.8, 4) is 0 Å². The first-order chi connectivity index (χ1) is 9.52. The molecule has 0 aliphatic rings. The number of anilines is 1. The van der Waals surface area contributed by atoms with E-state index in [-0.39, 0.29) is 11.7 Å². The number of nitrogens with two attached hydrogens (primary N) is 1. The van der Waals surface area contributed by atoms with Gasteiger partial charge >= 0.3 is 6.03 Å². The van der Waals surface area contributed by atoms with E-state index in [2.05, 4.69) is 26.6 Å². The van der Waals surface area contributed by atoms with Crippen LogP contribution in [0.4, 0.5) is 10.5 Å². The van der Waals surface area contributed by atoms with Gasteiger partial charge in [-0.05, 0) is 24.6 Å². The number of thioether (sulfide) groups is 1. The number of carbonyl (C=O) groups is 2. The van der Waals surface area contributed by atoms with Crippen LogP contribution in [0.25, 0.3) is 0 Å². The van der Waals surface area contributed by atoms with Gasteiger partial charge in [-0.3, -0.25) is 10.1 Å². The zero-order valence-corrected chi connectivity index (χ0v) is 13.6. The van der Waals surface area contributed by atoms with E-state index in [1.807, 2.05) is 19.1 Å². The third-order valence-electron chi connectivity index (χ3n) is 2.40. The highest BCUT2D eigenvalue weighted by Gasteiger charge is 2.09. The van der Waals surface area contributed by atoms with Gasteiger partial charge < -0.3 is 11.1 Å². The summed E-state index contributed by atoms with van der Waals surface area (Å²) in [6.45, 7) is 2.60. The fraction of sp³-hybridized carbons (Fsp3) is 0.385. The van der Waals surface area contributed by atoms with Crippen molar-refractivity contribution in [2.24, 2.45) is 0 Å². The quantitative estimate of drug-likeness (QED) is 0.414. The summed E-state index contributed by atoms with van der Waals surface area (Å²) in [7, 11) is 0. The van der Waals surface area contributed by atoms with Crippen LogP contribution in [-0.2, 0) is 4.79 Å². The van der Waals surface area contributed by atoms with Gasteiger partial charge in [0, 0.05) is 21.6 Å². The van der Waals surface area contributed by atoms with Gasteiger partial charge in [-0.1, -0.05) is 29.3 Å². The molecule has 20 heavy (non-hydrogen) atoms. The number of benzene rings is 1. The molecule has 0 radical (unpaired) electrons. The zero-order valence-electron chi connectivity index (χ0n) is 11.2. The van der Waals surface area contributed by atoms with E-state index in [9.17, 15) is 9.59 Å². The average Bonchev–Trinajstić information content (AvgIpc) is 2.40. The van der Waals surface area contributed by atoms with Gasteiger partial charge in [0.25, 0.3) is 0 Å². The molecule has 0 unspecified atom stereocenters. The van der Waals surface area contributed by atoms with Crippen molar-refractivity contribution < 1.29 is 9.59 Å². The van der Waals surface area contributed by atoms with Gasteiger partial charge in [-0.2, -0.15) is 0 Å². The third kappa shape index (κ3) is 6.29. The molecule has 5 nitrogen and oxygen atoms in total. The number of carbonyl (C=O) groups excluding carboxylic acids is 2. The summed E-state index contributed by atoms with van der Waals surface area (Å²) >= 11 is 4.64. The lowest BCUT2D eigenvalue weighted by Gasteiger charge is -2.07. The van der Waals surface area contributed by atoms with E-state index in [1.165, 1.54) is 11.8 Å².